The molecule has 2 aliphatic rings. The molecule has 1 fully saturated rings. The minimum Gasteiger partial charge on any atom is -0.333 e. The summed E-state index contributed by atoms with van der Waals surface area (Å²) in [5.41, 5.74) is 4.62. The van der Waals surface area contributed by atoms with E-state index < -0.39 is 0 Å². The summed E-state index contributed by atoms with van der Waals surface area (Å²) in [7, 11) is 0. The van der Waals surface area contributed by atoms with Crippen LogP contribution in [0.15, 0.2) is 42.6 Å². The fraction of sp³-hybridized carbons (Fsp3) is 0.263. The second-order valence-corrected chi connectivity index (χ2v) is 6.94. The average Bonchev–Trinajstić information content (AvgIpc) is 3.19. The highest BCUT2D eigenvalue weighted by molar-refractivity contribution is 6.30. The summed E-state index contributed by atoms with van der Waals surface area (Å²) < 4.78 is 2.17. The van der Waals surface area contributed by atoms with E-state index in [9.17, 15) is 4.79 Å². The van der Waals surface area contributed by atoms with Gasteiger partial charge in [0.15, 0.2) is 0 Å². The Bertz CT molecular complexity index is 961. The molecule has 5 heteroatoms. The van der Waals surface area contributed by atoms with Crippen LogP contribution in [-0.2, 0) is 6.54 Å². The maximum Gasteiger partial charge on any atom is 0.271 e. The zero-order valence-electron chi connectivity index (χ0n) is 13.1. The van der Waals surface area contributed by atoms with Crippen LogP contribution in [0.3, 0.4) is 0 Å². The van der Waals surface area contributed by atoms with E-state index in [1.165, 1.54) is 0 Å². The minimum absolute atomic E-state index is 0.131. The molecule has 0 spiro atoms. The van der Waals surface area contributed by atoms with Crippen LogP contribution in [0, 0.1) is 0 Å². The van der Waals surface area contributed by atoms with Crippen molar-refractivity contribution in [3.63, 3.8) is 0 Å². The highest BCUT2D eigenvalue weighted by Crippen LogP contribution is 2.39. The number of benzene rings is 1. The molecule has 1 amide bonds. The number of fused-ring (bicyclic) bond motifs is 4. The molecule has 5 rings (SSSR count). The maximum atomic E-state index is 13.2. The van der Waals surface area contributed by atoms with Crippen molar-refractivity contribution in [2.24, 2.45) is 0 Å². The van der Waals surface area contributed by atoms with E-state index in [-0.39, 0.29) is 5.91 Å². The molecule has 1 atom stereocenters. The third-order valence-electron chi connectivity index (χ3n) is 5.19. The van der Waals surface area contributed by atoms with Gasteiger partial charge >= 0.3 is 0 Å². The van der Waals surface area contributed by atoms with Gasteiger partial charge in [0.25, 0.3) is 5.91 Å². The first-order valence-corrected chi connectivity index (χ1v) is 8.66. The van der Waals surface area contributed by atoms with Crippen LogP contribution in [0.5, 0.6) is 0 Å². The van der Waals surface area contributed by atoms with Gasteiger partial charge in [0, 0.05) is 29.9 Å². The Labute approximate surface area is 144 Å². The molecule has 1 aromatic carbocycles. The van der Waals surface area contributed by atoms with Crippen molar-refractivity contribution in [3.05, 3.63) is 53.3 Å². The molecule has 0 saturated carbocycles. The monoisotopic (exact) mass is 337 g/mol. The predicted octanol–water partition coefficient (Wildman–Crippen LogP) is 3.97. The number of aromatic nitrogens is 2. The molecule has 0 radical (unpaired) electrons. The molecule has 0 N–H and O–H groups in total. The van der Waals surface area contributed by atoms with E-state index in [0.717, 1.165) is 53.8 Å². The lowest BCUT2D eigenvalue weighted by molar-refractivity contribution is 0.0673. The number of hydrogen-bond acceptors (Lipinski definition) is 2. The molecule has 2 aromatic heterocycles. The summed E-state index contributed by atoms with van der Waals surface area (Å²) in [6.45, 7) is 1.72. The van der Waals surface area contributed by atoms with E-state index in [0.29, 0.717) is 11.1 Å². The third kappa shape index (κ3) is 1.86. The van der Waals surface area contributed by atoms with E-state index in [2.05, 4.69) is 15.6 Å². The first-order chi connectivity index (χ1) is 11.7. The van der Waals surface area contributed by atoms with E-state index in [4.69, 9.17) is 11.6 Å². The van der Waals surface area contributed by atoms with Gasteiger partial charge in [-0.3, -0.25) is 9.78 Å². The molecule has 4 nitrogen and oxygen atoms in total. The van der Waals surface area contributed by atoms with Crippen LogP contribution in [0.25, 0.3) is 22.2 Å². The summed E-state index contributed by atoms with van der Waals surface area (Å²) in [5.74, 6) is 0.131. The van der Waals surface area contributed by atoms with Crippen molar-refractivity contribution < 1.29 is 4.79 Å². The number of carbonyl (C=O) groups is 1. The predicted molar refractivity (Wildman–Crippen MR) is 94.2 cm³/mol. The standard InChI is InChI=1S/C19H16ClN3O/c20-13-7-5-12(6-8-13)16-17-15(4-1-9-21-17)23-11-14-3-2-10-22(14)19(24)18(16)23/h1,4-9,14H,2-3,10-11H2/t14-/m1/s1. The first kappa shape index (κ1) is 14.1. The zero-order valence-corrected chi connectivity index (χ0v) is 13.8. The number of amides is 1. The van der Waals surface area contributed by atoms with Gasteiger partial charge in [0.2, 0.25) is 0 Å². The van der Waals surface area contributed by atoms with Gasteiger partial charge < -0.3 is 9.47 Å². The van der Waals surface area contributed by atoms with Crippen molar-refractivity contribution in [1.82, 2.24) is 14.5 Å². The van der Waals surface area contributed by atoms with Crippen molar-refractivity contribution in [2.75, 3.05) is 6.54 Å². The Morgan fingerprint density at radius 1 is 1.17 bits per heavy atom. The lowest BCUT2D eigenvalue weighted by atomic mass is 10.0. The molecular weight excluding hydrogens is 322 g/mol. The summed E-state index contributed by atoms with van der Waals surface area (Å²) in [5, 5.41) is 0.690. The maximum absolute atomic E-state index is 13.2. The van der Waals surface area contributed by atoms with Crippen molar-refractivity contribution in [3.8, 4) is 11.1 Å². The van der Waals surface area contributed by atoms with Crippen LogP contribution >= 0.6 is 11.6 Å². The number of rotatable bonds is 1. The Morgan fingerprint density at radius 2 is 2.00 bits per heavy atom. The van der Waals surface area contributed by atoms with Gasteiger partial charge in [-0.15, -0.1) is 0 Å². The molecule has 0 aliphatic carbocycles. The van der Waals surface area contributed by atoms with E-state index in [1.54, 1.807) is 6.20 Å². The Hall–Kier alpha value is -2.33. The van der Waals surface area contributed by atoms with Gasteiger partial charge in [0.1, 0.15) is 5.69 Å². The van der Waals surface area contributed by atoms with Gasteiger partial charge in [-0.05, 0) is 42.7 Å². The highest BCUT2D eigenvalue weighted by Gasteiger charge is 2.39. The minimum atomic E-state index is 0.131. The van der Waals surface area contributed by atoms with Crippen LogP contribution in [0.4, 0.5) is 0 Å². The second kappa shape index (κ2) is 5.08. The normalized spacial score (nSPS) is 19.6. The van der Waals surface area contributed by atoms with E-state index >= 15 is 0 Å². The summed E-state index contributed by atoms with van der Waals surface area (Å²) in [6, 6.07) is 12.0. The van der Waals surface area contributed by atoms with Gasteiger partial charge in [-0.1, -0.05) is 23.7 Å². The number of nitrogens with zero attached hydrogens (tertiary/aromatic N) is 3. The fourth-order valence-electron chi connectivity index (χ4n) is 4.12. The van der Waals surface area contributed by atoms with Gasteiger partial charge in [-0.25, -0.2) is 0 Å². The molecule has 120 valence electrons. The number of pyridine rings is 1. The van der Waals surface area contributed by atoms with Crippen molar-refractivity contribution in [1.29, 1.82) is 0 Å². The topological polar surface area (TPSA) is 38.1 Å². The summed E-state index contributed by atoms with van der Waals surface area (Å²) in [6.07, 6.45) is 3.97. The molecular formula is C19H16ClN3O. The molecule has 4 heterocycles. The van der Waals surface area contributed by atoms with Gasteiger partial charge in [-0.2, -0.15) is 0 Å². The lowest BCUT2D eigenvalue weighted by Gasteiger charge is -2.32. The molecule has 1 saturated heterocycles. The molecule has 0 bridgehead atoms. The Morgan fingerprint density at radius 3 is 2.83 bits per heavy atom. The first-order valence-electron chi connectivity index (χ1n) is 8.28. The average molecular weight is 338 g/mol. The zero-order chi connectivity index (χ0) is 16.3. The number of halogens is 1. The molecule has 0 unspecified atom stereocenters. The van der Waals surface area contributed by atoms with Crippen LogP contribution in [-0.4, -0.2) is 32.9 Å². The largest absolute Gasteiger partial charge is 0.333 e. The summed E-state index contributed by atoms with van der Waals surface area (Å²) in [4.78, 5) is 19.8. The van der Waals surface area contributed by atoms with Crippen molar-refractivity contribution >= 4 is 28.5 Å². The van der Waals surface area contributed by atoms with E-state index in [1.807, 2.05) is 35.2 Å². The number of carbonyl (C=O) groups excluding carboxylic acids is 1. The number of hydrogen-bond donors (Lipinski definition) is 0. The highest BCUT2D eigenvalue weighted by atomic mass is 35.5. The molecule has 2 aliphatic heterocycles. The Kier molecular flexibility index (Phi) is 2.98. The second-order valence-electron chi connectivity index (χ2n) is 6.51. The van der Waals surface area contributed by atoms with Crippen LogP contribution in [0.1, 0.15) is 23.3 Å². The fourth-order valence-corrected chi connectivity index (χ4v) is 4.24. The molecule has 24 heavy (non-hydrogen) atoms. The van der Waals surface area contributed by atoms with Crippen LogP contribution < -0.4 is 0 Å². The van der Waals surface area contributed by atoms with Crippen LogP contribution in [0.2, 0.25) is 5.02 Å². The Balaban J connectivity index is 1.83. The SMILES string of the molecule is O=C1c2c(-c3ccc(Cl)cc3)c3ncccc3n2C[C@H]2CCCN12. The lowest BCUT2D eigenvalue weighted by Crippen LogP contribution is -2.44. The quantitative estimate of drug-likeness (QED) is 0.673. The van der Waals surface area contributed by atoms with Gasteiger partial charge in [0.05, 0.1) is 17.1 Å². The third-order valence-corrected chi connectivity index (χ3v) is 5.44. The van der Waals surface area contributed by atoms with Crippen molar-refractivity contribution in [2.45, 2.75) is 25.4 Å². The summed E-state index contributed by atoms with van der Waals surface area (Å²) >= 11 is 6.04. The molecule has 3 aromatic rings. The smallest absolute Gasteiger partial charge is 0.271 e.